The Morgan fingerprint density at radius 2 is 2.28 bits per heavy atom. The Morgan fingerprint density at radius 1 is 1.44 bits per heavy atom. The first-order valence-corrected chi connectivity index (χ1v) is 6.21. The van der Waals surface area contributed by atoms with Gasteiger partial charge in [0.1, 0.15) is 0 Å². The number of aryl methyl sites for hydroxylation is 1. The average Bonchev–Trinajstić information content (AvgIpc) is 2.72. The molecule has 4 nitrogen and oxygen atoms in total. The van der Waals surface area contributed by atoms with Crippen LogP contribution >= 0.6 is 23.8 Å². The van der Waals surface area contributed by atoms with Crippen molar-refractivity contribution in [2.75, 3.05) is 5.32 Å². The molecular weight excluding hydrogens is 268 g/mol. The maximum absolute atomic E-state index is 5.89. The van der Waals surface area contributed by atoms with Gasteiger partial charge >= 0.3 is 0 Å². The summed E-state index contributed by atoms with van der Waals surface area (Å²) >= 11 is 11.1. The number of hydrogen-bond donors (Lipinski definition) is 2. The third kappa shape index (κ3) is 3.45. The number of nitrogens with one attached hydrogen (secondary N) is 2. The fourth-order valence-electron chi connectivity index (χ4n) is 1.49. The van der Waals surface area contributed by atoms with E-state index in [9.17, 15) is 0 Å². The van der Waals surface area contributed by atoms with Crippen molar-refractivity contribution >= 4 is 34.6 Å². The number of hydrogen-bond acceptors (Lipinski definition) is 2. The van der Waals surface area contributed by atoms with Crippen molar-refractivity contribution in [3.05, 3.63) is 47.2 Å². The van der Waals surface area contributed by atoms with E-state index in [-0.39, 0.29) is 0 Å². The van der Waals surface area contributed by atoms with Crippen molar-refractivity contribution in [1.29, 1.82) is 0 Å². The Balaban J connectivity index is 1.88. The highest BCUT2D eigenvalue weighted by Crippen LogP contribution is 2.14. The van der Waals surface area contributed by atoms with E-state index in [1.54, 1.807) is 10.9 Å². The standard InChI is InChI=1S/C12H13ClN4S/c1-17-11(5-6-15-17)8-14-12(18)16-10-4-2-3-9(13)7-10/h2-7H,8H2,1H3,(H2,14,16,18). The van der Waals surface area contributed by atoms with Gasteiger partial charge in [-0.2, -0.15) is 5.10 Å². The van der Waals surface area contributed by atoms with E-state index in [4.69, 9.17) is 23.8 Å². The van der Waals surface area contributed by atoms with Gasteiger partial charge in [-0.05, 0) is 36.5 Å². The number of anilines is 1. The molecule has 0 aliphatic heterocycles. The summed E-state index contributed by atoms with van der Waals surface area (Å²) in [5.41, 5.74) is 1.93. The number of rotatable bonds is 3. The smallest absolute Gasteiger partial charge is 0.171 e. The minimum absolute atomic E-state index is 0.554. The molecule has 0 spiro atoms. The lowest BCUT2D eigenvalue weighted by molar-refractivity contribution is 0.695. The molecule has 0 bridgehead atoms. The van der Waals surface area contributed by atoms with Crippen LogP contribution in [0.15, 0.2) is 36.5 Å². The van der Waals surface area contributed by atoms with Crippen LogP contribution < -0.4 is 10.6 Å². The van der Waals surface area contributed by atoms with Crippen LogP contribution in [-0.2, 0) is 13.6 Å². The van der Waals surface area contributed by atoms with E-state index in [0.717, 1.165) is 11.4 Å². The molecule has 2 aromatic rings. The molecule has 0 aliphatic rings. The normalized spacial score (nSPS) is 10.1. The summed E-state index contributed by atoms with van der Waals surface area (Å²) in [5, 5.41) is 11.5. The number of nitrogens with zero attached hydrogens (tertiary/aromatic N) is 2. The summed E-state index contributed by atoms with van der Waals surface area (Å²) in [6.45, 7) is 0.628. The predicted octanol–water partition coefficient (Wildman–Crippen LogP) is 2.56. The minimum Gasteiger partial charge on any atom is -0.357 e. The van der Waals surface area contributed by atoms with Crippen LogP contribution in [0, 0.1) is 0 Å². The molecule has 18 heavy (non-hydrogen) atoms. The molecule has 0 radical (unpaired) electrons. The molecule has 1 heterocycles. The van der Waals surface area contributed by atoms with Gasteiger partial charge in [-0.1, -0.05) is 17.7 Å². The molecule has 2 rings (SSSR count). The van der Waals surface area contributed by atoms with E-state index in [0.29, 0.717) is 16.7 Å². The quantitative estimate of drug-likeness (QED) is 0.848. The monoisotopic (exact) mass is 280 g/mol. The topological polar surface area (TPSA) is 41.9 Å². The molecular formula is C12H13ClN4S. The highest BCUT2D eigenvalue weighted by atomic mass is 35.5. The average molecular weight is 281 g/mol. The van der Waals surface area contributed by atoms with Gasteiger partial charge in [-0.3, -0.25) is 4.68 Å². The van der Waals surface area contributed by atoms with Crippen LogP contribution in [0.25, 0.3) is 0 Å². The van der Waals surface area contributed by atoms with Crippen LogP contribution in [0.1, 0.15) is 5.69 Å². The third-order valence-corrected chi connectivity index (χ3v) is 2.92. The van der Waals surface area contributed by atoms with Gasteiger partial charge in [0.15, 0.2) is 5.11 Å². The minimum atomic E-state index is 0.554. The van der Waals surface area contributed by atoms with E-state index >= 15 is 0 Å². The molecule has 6 heteroatoms. The van der Waals surface area contributed by atoms with Crippen molar-refractivity contribution in [2.45, 2.75) is 6.54 Å². The van der Waals surface area contributed by atoms with E-state index in [1.165, 1.54) is 0 Å². The number of benzene rings is 1. The Labute approximate surface area is 116 Å². The van der Waals surface area contributed by atoms with Crippen LogP contribution in [0.4, 0.5) is 5.69 Å². The van der Waals surface area contributed by atoms with Gasteiger partial charge in [0.05, 0.1) is 12.2 Å². The molecule has 0 saturated heterocycles. The van der Waals surface area contributed by atoms with Crippen LogP contribution in [0.2, 0.25) is 5.02 Å². The Kier molecular flexibility index (Phi) is 4.17. The second-order valence-corrected chi connectivity index (χ2v) is 4.61. The van der Waals surface area contributed by atoms with E-state index < -0.39 is 0 Å². The Hall–Kier alpha value is -1.59. The zero-order valence-electron chi connectivity index (χ0n) is 9.85. The number of aromatic nitrogens is 2. The molecule has 1 aromatic heterocycles. The predicted molar refractivity (Wildman–Crippen MR) is 77.7 cm³/mol. The SMILES string of the molecule is Cn1nccc1CNC(=S)Nc1cccc(Cl)c1. The van der Waals surface area contributed by atoms with Gasteiger partial charge in [-0.15, -0.1) is 0 Å². The first-order valence-electron chi connectivity index (χ1n) is 5.42. The molecule has 0 amide bonds. The summed E-state index contributed by atoms with van der Waals surface area (Å²) in [5.74, 6) is 0. The van der Waals surface area contributed by atoms with Crippen molar-refractivity contribution in [3.8, 4) is 0 Å². The highest BCUT2D eigenvalue weighted by molar-refractivity contribution is 7.80. The Morgan fingerprint density at radius 3 is 2.94 bits per heavy atom. The number of halogens is 1. The molecule has 0 fully saturated rings. The Bertz CT molecular complexity index is 553. The zero-order chi connectivity index (χ0) is 13.0. The molecule has 0 atom stereocenters. The maximum atomic E-state index is 5.89. The van der Waals surface area contributed by atoms with Gasteiger partial charge in [0, 0.05) is 24.0 Å². The van der Waals surface area contributed by atoms with Crippen molar-refractivity contribution in [3.63, 3.8) is 0 Å². The summed E-state index contributed by atoms with van der Waals surface area (Å²) < 4.78 is 1.80. The molecule has 2 N–H and O–H groups in total. The first kappa shape index (κ1) is 12.9. The number of thiocarbonyl (C=S) groups is 1. The highest BCUT2D eigenvalue weighted by Gasteiger charge is 2.01. The summed E-state index contributed by atoms with van der Waals surface area (Å²) in [4.78, 5) is 0. The van der Waals surface area contributed by atoms with Gasteiger partial charge in [0.2, 0.25) is 0 Å². The second-order valence-electron chi connectivity index (χ2n) is 3.76. The maximum Gasteiger partial charge on any atom is 0.171 e. The molecule has 1 aromatic carbocycles. The van der Waals surface area contributed by atoms with E-state index in [2.05, 4.69) is 15.7 Å². The molecule has 0 unspecified atom stereocenters. The largest absolute Gasteiger partial charge is 0.357 e. The lowest BCUT2D eigenvalue weighted by Crippen LogP contribution is -2.28. The summed E-state index contributed by atoms with van der Waals surface area (Å²) in [6, 6.07) is 9.35. The molecule has 0 aliphatic carbocycles. The molecule has 94 valence electrons. The lowest BCUT2D eigenvalue weighted by Gasteiger charge is -2.10. The van der Waals surface area contributed by atoms with Gasteiger partial charge in [-0.25, -0.2) is 0 Å². The third-order valence-electron chi connectivity index (χ3n) is 2.44. The van der Waals surface area contributed by atoms with Crippen molar-refractivity contribution < 1.29 is 0 Å². The molecule has 0 saturated carbocycles. The van der Waals surface area contributed by atoms with Crippen molar-refractivity contribution in [1.82, 2.24) is 15.1 Å². The van der Waals surface area contributed by atoms with Gasteiger partial charge < -0.3 is 10.6 Å². The first-order chi connectivity index (χ1) is 8.65. The fraction of sp³-hybridized carbons (Fsp3) is 0.167. The zero-order valence-corrected chi connectivity index (χ0v) is 11.4. The van der Waals surface area contributed by atoms with Crippen LogP contribution in [-0.4, -0.2) is 14.9 Å². The fourth-order valence-corrected chi connectivity index (χ4v) is 1.87. The summed E-state index contributed by atoms with van der Waals surface area (Å²) in [7, 11) is 1.89. The second kappa shape index (κ2) is 5.84. The van der Waals surface area contributed by atoms with Gasteiger partial charge in [0.25, 0.3) is 0 Å². The van der Waals surface area contributed by atoms with Crippen LogP contribution in [0.3, 0.4) is 0 Å². The van der Waals surface area contributed by atoms with E-state index in [1.807, 2.05) is 37.4 Å². The lowest BCUT2D eigenvalue weighted by atomic mass is 10.3. The van der Waals surface area contributed by atoms with Crippen molar-refractivity contribution in [2.24, 2.45) is 7.05 Å². The summed E-state index contributed by atoms with van der Waals surface area (Å²) in [6.07, 6.45) is 1.75. The van der Waals surface area contributed by atoms with Crippen LogP contribution in [0.5, 0.6) is 0 Å².